The van der Waals surface area contributed by atoms with Gasteiger partial charge in [0, 0.05) is 0 Å². The molecule has 5 unspecified atom stereocenters. The Labute approximate surface area is 123 Å². The Kier molecular flexibility index (Phi) is 5.32. The second kappa shape index (κ2) is 6.83. The SMILES string of the molecule is CC1(OCCc2ccccc2)OC(CO)C(O)C(O)C1O. The van der Waals surface area contributed by atoms with Crippen LogP contribution in [0.4, 0.5) is 0 Å². The van der Waals surface area contributed by atoms with Crippen molar-refractivity contribution < 1.29 is 29.9 Å². The molecular weight excluding hydrogens is 276 g/mol. The molecule has 118 valence electrons. The molecule has 1 fully saturated rings. The Morgan fingerprint density at radius 2 is 1.81 bits per heavy atom. The molecule has 1 aromatic carbocycles. The maximum Gasteiger partial charge on any atom is 0.194 e. The summed E-state index contributed by atoms with van der Waals surface area (Å²) >= 11 is 0. The van der Waals surface area contributed by atoms with Crippen molar-refractivity contribution in [3.05, 3.63) is 35.9 Å². The van der Waals surface area contributed by atoms with Gasteiger partial charge in [0.1, 0.15) is 24.4 Å². The highest BCUT2D eigenvalue weighted by Crippen LogP contribution is 2.31. The van der Waals surface area contributed by atoms with Gasteiger partial charge in [-0.2, -0.15) is 0 Å². The third-order valence-corrected chi connectivity index (χ3v) is 3.78. The molecule has 0 bridgehead atoms. The van der Waals surface area contributed by atoms with Gasteiger partial charge < -0.3 is 29.9 Å². The van der Waals surface area contributed by atoms with Crippen molar-refractivity contribution in [2.24, 2.45) is 0 Å². The molecule has 1 aliphatic heterocycles. The molecule has 1 saturated heterocycles. The van der Waals surface area contributed by atoms with E-state index in [1.165, 1.54) is 6.92 Å². The zero-order chi connectivity index (χ0) is 15.5. The highest BCUT2D eigenvalue weighted by Gasteiger charge is 2.51. The van der Waals surface area contributed by atoms with Gasteiger partial charge in [0.2, 0.25) is 0 Å². The number of aliphatic hydroxyl groups excluding tert-OH is 4. The van der Waals surface area contributed by atoms with Crippen LogP contribution in [0.2, 0.25) is 0 Å². The summed E-state index contributed by atoms with van der Waals surface area (Å²) in [6.45, 7) is 1.29. The van der Waals surface area contributed by atoms with Crippen molar-refractivity contribution in [3.63, 3.8) is 0 Å². The van der Waals surface area contributed by atoms with Gasteiger partial charge in [0.25, 0.3) is 0 Å². The number of rotatable bonds is 5. The van der Waals surface area contributed by atoms with Crippen molar-refractivity contribution in [2.45, 2.75) is 43.5 Å². The molecule has 2 rings (SSSR count). The van der Waals surface area contributed by atoms with E-state index in [2.05, 4.69) is 0 Å². The monoisotopic (exact) mass is 298 g/mol. The average Bonchev–Trinajstić information content (AvgIpc) is 2.50. The molecule has 0 radical (unpaired) electrons. The Bertz CT molecular complexity index is 437. The fourth-order valence-electron chi connectivity index (χ4n) is 2.44. The summed E-state index contributed by atoms with van der Waals surface area (Å²) in [7, 11) is 0. The molecule has 1 heterocycles. The predicted octanol–water partition coefficient (Wildman–Crippen LogP) is -0.564. The topological polar surface area (TPSA) is 99.4 Å². The minimum Gasteiger partial charge on any atom is -0.394 e. The first-order chi connectivity index (χ1) is 9.98. The van der Waals surface area contributed by atoms with Crippen LogP contribution >= 0.6 is 0 Å². The quantitative estimate of drug-likeness (QED) is 0.581. The van der Waals surface area contributed by atoms with Gasteiger partial charge >= 0.3 is 0 Å². The lowest BCUT2D eigenvalue weighted by Gasteiger charge is -2.46. The smallest absolute Gasteiger partial charge is 0.194 e. The second-order valence-corrected chi connectivity index (χ2v) is 5.36. The number of hydrogen-bond donors (Lipinski definition) is 4. The van der Waals surface area contributed by atoms with Crippen molar-refractivity contribution in [1.82, 2.24) is 0 Å². The van der Waals surface area contributed by atoms with Crippen LogP contribution in [0.5, 0.6) is 0 Å². The van der Waals surface area contributed by atoms with Gasteiger partial charge in [-0.1, -0.05) is 30.3 Å². The lowest BCUT2D eigenvalue weighted by molar-refractivity contribution is -0.356. The third-order valence-electron chi connectivity index (χ3n) is 3.78. The number of ether oxygens (including phenoxy) is 2. The highest BCUT2D eigenvalue weighted by molar-refractivity contribution is 5.14. The van der Waals surface area contributed by atoms with Gasteiger partial charge in [0.15, 0.2) is 5.79 Å². The van der Waals surface area contributed by atoms with Crippen LogP contribution in [0, 0.1) is 0 Å². The van der Waals surface area contributed by atoms with Gasteiger partial charge in [-0.3, -0.25) is 0 Å². The number of benzene rings is 1. The van der Waals surface area contributed by atoms with Crippen molar-refractivity contribution >= 4 is 0 Å². The normalized spacial score (nSPS) is 36.6. The molecule has 5 atom stereocenters. The maximum atomic E-state index is 10.0. The fourth-order valence-corrected chi connectivity index (χ4v) is 2.44. The van der Waals surface area contributed by atoms with E-state index < -0.39 is 36.8 Å². The number of aliphatic hydroxyl groups is 4. The summed E-state index contributed by atoms with van der Waals surface area (Å²) < 4.78 is 11.0. The Morgan fingerprint density at radius 3 is 2.43 bits per heavy atom. The Hall–Kier alpha value is -1.02. The highest BCUT2D eigenvalue weighted by atomic mass is 16.7. The Balaban J connectivity index is 1.96. The number of hydrogen-bond acceptors (Lipinski definition) is 6. The zero-order valence-electron chi connectivity index (χ0n) is 11.9. The predicted molar refractivity (Wildman–Crippen MR) is 74.5 cm³/mol. The molecule has 6 heteroatoms. The molecule has 21 heavy (non-hydrogen) atoms. The van der Waals surface area contributed by atoms with E-state index in [4.69, 9.17) is 14.6 Å². The lowest BCUT2D eigenvalue weighted by atomic mass is 9.93. The van der Waals surface area contributed by atoms with E-state index in [9.17, 15) is 15.3 Å². The maximum absolute atomic E-state index is 10.0. The first-order valence-corrected chi connectivity index (χ1v) is 6.98. The lowest BCUT2D eigenvalue weighted by Crippen LogP contribution is -2.65. The summed E-state index contributed by atoms with van der Waals surface area (Å²) in [5, 5.41) is 38.7. The molecule has 0 spiro atoms. The van der Waals surface area contributed by atoms with E-state index in [1.54, 1.807) is 0 Å². The molecule has 1 aliphatic rings. The second-order valence-electron chi connectivity index (χ2n) is 5.36. The average molecular weight is 298 g/mol. The summed E-state index contributed by atoms with van der Waals surface area (Å²) in [5.41, 5.74) is 1.07. The summed E-state index contributed by atoms with van der Waals surface area (Å²) in [6, 6.07) is 9.68. The molecule has 4 N–H and O–H groups in total. The van der Waals surface area contributed by atoms with Crippen LogP contribution in [0.1, 0.15) is 12.5 Å². The van der Waals surface area contributed by atoms with Crippen LogP contribution in [-0.2, 0) is 15.9 Å². The van der Waals surface area contributed by atoms with E-state index in [-0.39, 0.29) is 6.61 Å². The van der Waals surface area contributed by atoms with E-state index in [0.29, 0.717) is 6.42 Å². The van der Waals surface area contributed by atoms with E-state index in [0.717, 1.165) is 5.56 Å². The molecule has 6 nitrogen and oxygen atoms in total. The van der Waals surface area contributed by atoms with E-state index >= 15 is 0 Å². The van der Waals surface area contributed by atoms with Gasteiger partial charge in [0.05, 0.1) is 13.2 Å². The van der Waals surface area contributed by atoms with Gasteiger partial charge in [-0.25, -0.2) is 0 Å². The van der Waals surface area contributed by atoms with Crippen LogP contribution in [-0.4, -0.2) is 63.8 Å². The molecule has 1 aromatic rings. The Morgan fingerprint density at radius 1 is 1.14 bits per heavy atom. The third kappa shape index (κ3) is 3.60. The molecule has 0 aromatic heterocycles. The van der Waals surface area contributed by atoms with Crippen LogP contribution in [0.15, 0.2) is 30.3 Å². The van der Waals surface area contributed by atoms with Crippen LogP contribution in [0.25, 0.3) is 0 Å². The van der Waals surface area contributed by atoms with Crippen LogP contribution < -0.4 is 0 Å². The van der Waals surface area contributed by atoms with E-state index in [1.807, 2.05) is 30.3 Å². The van der Waals surface area contributed by atoms with Crippen molar-refractivity contribution in [2.75, 3.05) is 13.2 Å². The first-order valence-electron chi connectivity index (χ1n) is 6.98. The standard InChI is InChI=1S/C15H22O6/c1-15(20-8-7-10-5-3-2-4-6-10)14(19)13(18)12(17)11(9-16)21-15/h2-6,11-14,16-19H,7-9H2,1H3. The molecule has 0 saturated carbocycles. The first kappa shape index (κ1) is 16.4. The summed E-state index contributed by atoms with van der Waals surface area (Å²) in [5.74, 6) is -1.47. The van der Waals surface area contributed by atoms with Gasteiger partial charge in [-0.05, 0) is 18.9 Å². The molecule has 0 aliphatic carbocycles. The van der Waals surface area contributed by atoms with Crippen molar-refractivity contribution in [3.8, 4) is 0 Å². The fraction of sp³-hybridized carbons (Fsp3) is 0.600. The van der Waals surface area contributed by atoms with Crippen molar-refractivity contribution in [1.29, 1.82) is 0 Å². The molecule has 0 amide bonds. The van der Waals surface area contributed by atoms with Gasteiger partial charge in [-0.15, -0.1) is 0 Å². The minimum absolute atomic E-state index is 0.276. The largest absolute Gasteiger partial charge is 0.394 e. The molecular formula is C15H22O6. The van der Waals surface area contributed by atoms with Crippen LogP contribution in [0.3, 0.4) is 0 Å². The zero-order valence-corrected chi connectivity index (χ0v) is 11.9. The summed E-state index contributed by atoms with van der Waals surface area (Å²) in [6.07, 6.45) is -4.56. The summed E-state index contributed by atoms with van der Waals surface area (Å²) in [4.78, 5) is 0. The minimum atomic E-state index is -1.47.